The number of aromatic nitrogens is 3. The van der Waals surface area contributed by atoms with Gasteiger partial charge in [0.15, 0.2) is 18.2 Å². The summed E-state index contributed by atoms with van der Waals surface area (Å²) in [6.07, 6.45) is 4.31. The Hall–Kier alpha value is -1.19. The fourth-order valence-electron chi connectivity index (χ4n) is 3.05. The molecule has 1 aromatic heterocycles. The van der Waals surface area contributed by atoms with Gasteiger partial charge in [0, 0.05) is 25.3 Å². The molecule has 0 saturated carbocycles. The van der Waals surface area contributed by atoms with Crippen LogP contribution in [0, 0.1) is 0 Å². The Labute approximate surface area is 178 Å². The molecule has 1 aromatic carbocycles. The minimum Gasteiger partial charge on any atom is -0.482 e. The summed E-state index contributed by atoms with van der Waals surface area (Å²) in [6.45, 7) is 1.66. The Kier molecular flexibility index (Phi) is 8.54. The molecular weight excluding hydrogens is 450 g/mol. The van der Waals surface area contributed by atoms with Crippen LogP contribution in [0.15, 0.2) is 29.0 Å². The molecule has 154 valence electrons. The molecule has 2 aromatic rings. The molecule has 7 nitrogen and oxygen atoms in total. The van der Waals surface area contributed by atoms with Crippen LogP contribution in [0.4, 0.5) is 0 Å². The predicted molar refractivity (Wildman–Crippen MR) is 108 cm³/mol. The summed E-state index contributed by atoms with van der Waals surface area (Å²) >= 11 is 9.43. The van der Waals surface area contributed by atoms with Gasteiger partial charge in [-0.3, -0.25) is 0 Å². The number of benzene rings is 1. The molecule has 1 fully saturated rings. The van der Waals surface area contributed by atoms with Crippen LogP contribution in [0.1, 0.15) is 44.0 Å². The van der Waals surface area contributed by atoms with Gasteiger partial charge in [0.25, 0.3) is 0 Å². The van der Waals surface area contributed by atoms with Crippen molar-refractivity contribution >= 4 is 27.5 Å². The lowest BCUT2D eigenvalue weighted by Crippen LogP contribution is -2.23. The highest BCUT2D eigenvalue weighted by atomic mass is 79.9. The maximum Gasteiger partial charge on any atom is 0.217 e. The summed E-state index contributed by atoms with van der Waals surface area (Å²) in [5.41, 5.74) is 0. The van der Waals surface area contributed by atoms with E-state index < -0.39 is 0 Å². The molecule has 2 unspecified atom stereocenters. The first kappa shape index (κ1) is 21.5. The molecule has 2 atom stereocenters. The van der Waals surface area contributed by atoms with Gasteiger partial charge in [-0.15, -0.1) is 5.10 Å². The molecule has 2 heterocycles. The second-order valence-electron chi connectivity index (χ2n) is 6.53. The van der Waals surface area contributed by atoms with Crippen molar-refractivity contribution in [2.45, 2.75) is 51.2 Å². The van der Waals surface area contributed by atoms with E-state index in [1.165, 1.54) is 0 Å². The van der Waals surface area contributed by atoms with Gasteiger partial charge < -0.3 is 18.9 Å². The Morgan fingerprint density at radius 1 is 1.39 bits per heavy atom. The van der Waals surface area contributed by atoms with Crippen LogP contribution in [-0.2, 0) is 20.9 Å². The van der Waals surface area contributed by atoms with Gasteiger partial charge >= 0.3 is 0 Å². The smallest absolute Gasteiger partial charge is 0.217 e. The van der Waals surface area contributed by atoms with Gasteiger partial charge in [-0.1, -0.05) is 17.7 Å². The second kappa shape index (κ2) is 11.1. The topological polar surface area (TPSA) is 67.6 Å². The first-order chi connectivity index (χ1) is 13.7. The third kappa shape index (κ3) is 6.42. The van der Waals surface area contributed by atoms with E-state index in [0.717, 1.165) is 32.3 Å². The number of ether oxygens (including phenoxy) is 4. The first-order valence-electron chi connectivity index (χ1n) is 9.40. The largest absolute Gasteiger partial charge is 0.482 e. The fourth-order valence-corrected chi connectivity index (χ4v) is 3.61. The van der Waals surface area contributed by atoms with E-state index in [4.69, 9.17) is 30.5 Å². The molecule has 9 heteroatoms. The average Bonchev–Trinajstić information content (AvgIpc) is 3.05. The van der Waals surface area contributed by atoms with Crippen molar-refractivity contribution < 1.29 is 18.9 Å². The summed E-state index contributed by atoms with van der Waals surface area (Å²) in [7, 11) is 1.62. The Morgan fingerprint density at radius 2 is 2.29 bits per heavy atom. The van der Waals surface area contributed by atoms with Gasteiger partial charge in [-0.2, -0.15) is 0 Å². The number of methoxy groups -OCH3 is 1. The summed E-state index contributed by atoms with van der Waals surface area (Å²) < 4.78 is 25.1. The minimum absolute atomic E-state index is 0.0904. The molecule has 3 rings (SSSR count). The lowest BCUT2D eigenvalue weighted by Gasteiger charge is -2.23. The van der Waals surface area contributed by atoms with E-state index in [-0.39, 0.29) is 19.1 Å². The van der Waals surface area contributed by atoms with Crippen LogP contribution in [0.3, 0.4) is 0 Å². The molecule has 1 aliphatic heterocycles. The first-order valence-corrected chi connectivity index (χ1v) is 10.6. The molecule has 0 N–H and O–H groups in total. The van der Waals surface area contributed by atoms with Crippen molar-refractivity contribution in [3.05, 3.63) is 39.8 Å². The van der Waals surface area contributed by atoms with E-state index in [0.29, 0.717) is 34.4 Å². The second-order valence-corrected chi connectivity index (χ2v) is 7.68. The van der Waals surface area contributed by atoms with Gasteiger partial charge in [-0.25, -0.2) is 9.67 Å². The zero-order chi connectivity index (χ0) is 19.8. The van der Waals surface area contributed by atoms with Crippen LogP contribution in [0.25, 0.3) is 0 Å². The number of nitrogens with zero attached hydrogens (tertiary/aromatic N) is 3. The van der Waals surface area contributed by atoms with Gasteiger partial charge in [-0.05, 0) is 66.2 Å². The van der Waals surface area contributed by atoms with Gasteiger partial charge in [0.05, 0.1) is 0 Å². The molecular formula is C19H25BrClN3O4. The predicted octanol–water partition coefficient (Wildman–Crippen LogP) is 4.74. The third-order valence-electron chi connectivity index (χ3n) is 4.34. The van der Waals surface area contributed by atoms with E-state index in [9.17, 15) is 0 Å². The highest BCUT2D eigenvalue weighted by Crippen LogP contribution is 2.28. The zero-order valence-electron chi connectivity index (χ0n) is 15.9. The summed E-state index contributed by atoms with van der Waals surface area (Å²) in [5, 5.41) is 4.94. The van der Waals surface area contributed by atoms with Gasteiger partial charge in [0.2, 0.25) is 4.73 Å². The highest BCUT2D eigenvalue weighted by Gasteiger charge is 2.22. The van der Waals surface area contributed by atoms with Crippen LogP contribution in [0.2, 0.25) is 5.02 Å². The van der Waals surface area contributed by atoms with Crippen molar-refractivity contribution in [3.8, 4) is 5.75 Å². The molecule has 1 aliphatic rings. The Bertz CT molecular complexity index is 740. The molecule has 0 bridgehead atoms. The van der Waals surface area contributed by atoms with Crippen LogP contribution >= 0.6 is 27.5 Å². The molecule has 0 aliphatic carbocycles. The minimum atomic E-state index is -0.316. The van der Waals surface area contributed by atoms with E-state index >= 15 is 0 Å². The van der Waals surface area contributed by atoms with Crippen molar-refractivity contribution in [2.24, 2.45) is 0 Å². The van der Waals surface area contributed by atoms with Crippen molar-refractivity contribution in [3.63, 3.8) is 0 Å². The maximum absolute atomic E-state index is 6.20. The quantitative estimate of drug-likeness (QED) is 0.463. The van der Waals surface area contributed by atoms with Crippen LogP contribution < -0.4 is 4.74 Å². The lowest BCUT2D eigenvalue weighted by atomic mass is 10.2. The standard InChI is InChI=1S/C19H25BrClN3O4/c1-25-13-24-18(22-19(20)23-24)16(28-15-7-4-6-14(21)12-15)8-5-11-27-17-9-2-3-10-26-17/h4,6-7,12,16-17H,2-3,5,8-11,13H2,1H3. The number of hydrogen-bond donors (Lipinski definition) is 0. The Morgan fingerprint density at radius 3 is 3.04 bits per heavy atom. The SMILES string of the molecule is COCn1nc(Br)nc1C(CCCOC1CCCCO1)Oc1cccc(Cl)c1. The molecule has 0 radical (unpaired) electrons. The maximum atomic E-state index is 6.20. The summed E-state index contributed by atoms with van der Waals surface area (Å²) in [6, 6.07) is 7.32. The average molecular weight is 475 g/mol. The van der Waals surface area contributed by atoms with Crippen LogP contribution in [0.5, 0.6) is 5.75 Å². The fraction of sp³-hybridized carbons (Fsp3) is 0.579. The number of rotatable bonds is 10. The molecule has 1 saturated heterocycles. The number of halogens is 2. The van der Waals surface area contributed by atoms with Crippen molar-refractivity contribution in [2.75, 3.05) is 20.3 Å². The third-order valence-corrected chi connectivity index (χ3v) is 4.91. The van der Waals surface area contributed by atoms with Crippen LogP contribution in [-0.4, -0.2) is 41.4 Å². The van der Waals surface area contributed by atoms with E-state index in [2.05, 4.69) is 26.0 Å². The summed E-state index contributed by atoms with van der Waals surface area (Å²) in [5.74, 6) is 1.36. The van der Waals surface area contributed by atoms with Crippen molar-refractivity contribution in [1.82, 2.24) is 14.8 Å². The Balaban J connectivity index is 1.65. The van der Waals surface area contributed by atoms with E-state index in [1.807, 2.05) is 18.2 Å². The number of hydrogen-bond acceptors (Lipinski definition) is 6. The molecule has 0 spiro atoms. The lowest BCUT2D eigenvalue weighted by molar-refractivity contribution is -0.163. The summed E-state index contributed by atoms with van der Waals surface area (Å²) in [4.78, 5) is 4.48. The zero-order valence-corrected chi connectivity index (χ0v) is 18.2. The highest BCUT2D eigenvalue weighted by molar-refractivity contribution is 9.10. The molecule has 0 amide bonds. The van der Waals surface area contributed by atoms with E-state index in [1.54, 1.807) is 17.9 Å². The van der Waals surface area contributed by atoms with Crippen molar-refractivity contribution in [1.29, 1.82) is 0 Å². The normalized spacial score (nSPS) is 18.2. The molecule has 28 heavy (non-hydrogen) atoms. The van der Waals surface area contributed by atoms with Gasteiger partial charge in [0.1, 0.15) is 12.5 Å². The monoisotopic (exact) mass is 473 g/mol.